The summed E-state index contributed by atoms with van der Waals surface area (Å²) in [6, 6.07) is 0. The molecule has 0 atom stereocenters. The zero-order valence-electron chi connectivity index (χ0n) is 8.46. The third kappa shape index (κ3) is 6.02. The third-order valence-electron chi connectivity index (χ3n) is 1.69. The maximum absolute atomic E-state index is 11.2. The van der Waals surface area contributed by atoms with Crippen molar-refractivity contribution in [2.45, 2.75) is 27.2 Å². The van der Waals surface area contributed by atoms with E-state index in [0.29, 0.717) is 6.42 Å². The van der Waals surface area contributed by atoms with Crippen LogP contribution in [0.3, 0.4) is 0 Å². The first-order valence-corrected chi connectivity index (χ1v) is 4.22. The highest BCUT2D eigenvalue weighted by Gasteiger charge is 2.15. The second kappa shape index (κ2) is 4.75. The normalized spacial score (nSPS) is 11.6. The molecule has 72 valence electrons. The van der Waals surface area contributed by atoms with Gasteiger partial charge in [-0.3, -0.25) is 9.59 Å². The van der Waals surface area contributed by atoms with Gasteiger partial charge in [-0.2, -0.15) is 0 Å². The Labute approximate surface area is 79.3 Å². The van der Waals surface area contributed by atoms with Crippen molar-refractivity contribution < 1.29 is 9.59 Å². The Morgan fingerprint density at radius 3 is 2.23 bits per heavy atom. The average Bonchev–Trinajstić information content (AvgIpc) is 2.00. The van der Waals surface area contributed by atoms with Gasteiger partial charge in [0.15, 0.2) is 11.6 Å². The minimum Gasteiger partial charge on any atom is -0.295 e. The molecule has 0 aliphatic carbocycles. The maximum atomic E-state index is 11.2. The number of allylic oxidation sites excluding steroid dienone is 3. The van der Waals surface area contributed by atoms with Crippen LogP contribution in [-0.2, 0) is 9.59 Å². The zero-order valence-corrected chi connectivity index (χ0v) is 8.46. The first-order chi connectivity index (χ1) is 5.87. The molecule has 0 bridgehead atoms. The predicted octanol–water partition coefficient (Wildman–Crippen LogP) is 2.30. The van der Waals surface area contributed by atoms with Crippen molar-refractivity contribution in [3.05, 3.63) is 24.8 Å². The van der Waals surface area contributed by atoms with Crippen LogP contribution in [0.4, 0.5) is 0 Å². The lowest BCUT2D eigenvalue weighted by Gasteiger charge is -2.16. The second-order valence-corrected chi connectivity index (χ2v) is 3.78. The minimum atomic E-state index is -0.196. The summed E-state index contributed by atoms with van der Waals surface area (Å²) in [7, 11) is 0. The van der Waals surface area contributed by atoms with Crippen molar-refractivity contribution in [1.29, 1.82) is 0 Å². The topological polar surface area (TPSA) is 34.1 Å². The Morgan fingerprint density at radius 1 is 1.31 bits per heavy atom. The van der Waals surface area contributed by atoms with Gasteiger partial charge in [-0.15, -0.1) is 6.58 Å². The van der Waals surface area contributed by atoms with E-state index in [0.717, 1.165) is 0 Å². The summed E-state index contributed by atoms with van der Waals surface area (Å²) in [4.78, 5) is 21.8. The van der Waals surface area contributed by atoms with Crippen LogP contribution in [0.25, 0.3) is 0 Å². The summed E-state index contributed by atoms with van der Waals surface area (Å²) in [6.45, 7) is 8.92. The lowest BCUT2D eigenvalue weighted by molar-refractivity contribution is -0.117. The van der Waals surface area contributed by atoms with E-state index in [1.807, 2.05) is 13.8 Å². The summed E-state index contributed by atoms with van der Waals surface area (Å²) in [5.74, 6) is -0.148. The van der Waals surface area contributed by atoms with Crippen LogP contribution in [0.2, 0.25) is 0 Å². The molecule has 13 heavy (non-hydrogen) atoms. The van der Waals surface area contributed by atoms with Gasteiger partial charge in [-0.05, 0) is 24.5 Å². The van der Waals surface area contributed by atoms with Crippen molar-refractivity contribution in [3.8, 4) is 0 Å². The highest BCUT2D eigenvalue weighted by atomic mass is 16.1. The minimum absolute atomic E-state index is 0.0416. The lowest BCUT2D eigenvalue weighted by atomic mass is 9.87. The average molecular weight is 180 g/mol. The molecule has 0 aromatic heterocycles. The fourth-order valence-electron chi connectivity index (χ4n) is 0.790. The zero-order chi connectivity index (χ0) is 10.5. The molecule has 2 heteroatoms. The van der Waals surface area contributed by atoms with Crippen molar-refractivity contribution >= 4 is 11.6 Å². The van der Waals surface area contributed by atoms with Crippen molar-refractivity contribution in [3.63, 3.8) is 0 Å². The molecule has 0 spiro atoms. The predicted molar refractivity (Wildman–Crippen MR) is 53.4 cm³/mol. The molecule has 0 saturated heterocycles. The van der Waals surface area contributed by atoms with Crippen LogP contribution in [0.5, 0.6) is 0 Å². The molecule has 0 radical (unpaired) electrons. The molecular weight excluding hydrogens is 164 g/mol. The van der Waals surface area contributed by atoms with Gasteiger partial charge in [0.05, 0.1) is 0 Å². The van der Waals surface area contributed by atoms with Gasteiger partial charge < -0.3 is 0 Å². The molecule has 0 unspecified atom stereocenters. The molecule has 0 aromatic rings. The van der Waals surface area contributed by atoms with E-state index in [1.54, 1.807) is 6.08 Å². The quantitative estimate of drug-likeness (QED) is 0.480. The van der Waals surface area contributed by atoms with E-state index in [-0.39, 0.29) is 17.0 Å². The lowest BCUT2D eigenvalue weighted by Crippen LogP contribution is -2.12. The van der Waals surface area contributed by atoms with Gasteiger partial charge in [0, 0.05) is 6.42 Å². The van der Waals surface area contributed by atoms with Crippen LogP contribution < -0.4 is 0 Å². The largest absolute Gasteiger partial charge is 0.295 e. The molecule has 0 aromatic carbocycles. The summed E-state index contributed by atoms with van der Waals surface area (Å²) in [5.41, 5.74) is -0.196. The van der Waals surface area contributed by atoms with Gasteiger partial charge in [-0.25, -0.2) is 0 Å². The SMILES string of the molecule is C=CC(C)(C)CC(=O)/C=C/C(C)=O. The van der Waals surface area contributed by atoms with Crippen LogP contribution >= 0.6 is 0 Å². The maximum Gasteiger partial charge on any atom is 0.156 e. The molecule has 0 aliphatic heterocycles. The summed E-state index contributed by atoms with van der Waals surface area (Å²) >= 11 is 0. The third-order valence-corrected chi connectivity index (χ3v) is 1.69. The summed E-state index contributed by atoms with van der Waals surface area (Å²) in [6.07, 6.45) is 4.75. The Morgan fingerprint density at radius 2 is 1.85 bits per heavy atom. The fourth-order valence-corrected chi connectivity index (χ4v) is 0.790. The smallest absolute Gasteiger partial charge is 0.156 e. The van der Waals surface area contributed by atoms with Crippen molar-refractivity contribution in [2.75, 3.05) is 0 Å². The molecule has 2 nitrogen and oxygen atoms in total. The van der Waals surface area contributed by atoms with E-state index in [1.165, 1.54) is 19.1 Å². The second-order valence-electron chi connectivity index (χ2n) is 3.78. The Kier molecular flexibility index (Phi) is 4.32. The standard InChI is InChI=1S/C11H16O2/c1-5-11(3,4)8-10(13)7-6-9(2)12/h5-7H,1,8H2,2-4H3/b7-6+. The molecule has 0 N–H and O–H groups in total. The first kappa shape index (κ1) is 11.8. The Hall–Kier alpha value is -1.18. The van der Waals surface area contributed by atoms with Crippen LogP contribution in [0.1, 0.15) is 27.2 Å². The van der Waals surface area contributed by atoms with E-state index in [9.17, 15) is 9.59 Å². The first-order valence-electron chi connectivity index (χ1n) is 4.22. The Bertz CT molecular complexity index is 247. The molecule has 0 aliphatic rings. The van der Waals surface area contributed by atoms with Gasteiger partial charge >= 0.3 is 0 Å². The van der Waals surface area contributed by atoms with E-state index in [2.05, 4.69) is 6.58 Å². The molecule has 0 rings (SSSR count). The number of carbonyl (C=O) groups excluding carboxylic acids is 2. The fraction of sp³-hybridized carbons (Fsp3) is 0.455. The van der Waals surface area contributed by atoms with Crippen molar-refractivity contribution in [2.24, 2.45) is 5.41 Å². The van der Waals surface area contributed by atoms with E-state index in [4.69, 9.17) is 0 Å². The number of hydrogen-bond acceptors (Lipinski definition) is 2. The number of carbonyl (C=O) groups is 2. The van der Waals surface area contributed by atoms with Gasteiger partial charge in [0.1, 0.15) is 0 Å². The van der Waals surface area contributed by atoms with Crippen LogP contribution in [0, 0.1) is 5.41 Å². The molecule has 0 heterocycles. The highest BCUT2D eigenvalue weighted by Crippen LogP contribution is 2.21. The van der Waals surface area contributed by atoms with Crippen LogP contribution in [-0.4, -0.2) is 11.6 Å². The van der Waals surface area contributed by atoms with Crippen LogP contribution in [0.15, 0.2) is 24.8 Å². The molecule has 0 amide bonds. The van der Waals surface area contributed by atoms with Gasteiger partial charge in [-0.1, -0.05) is 19.9 Å². The van der Waals surface area contributed by atoms with Gasteiger partial charge in [0.2, 0.25) is 0 Å². The number of ketones is 2. The van der Waals surface area contributed by atoms with Crippen molar-refractivity contribution in [1.82, 2.24) is 0 Å². The monoisotopic (exact) mass is 180 g/mol. The van der Waals surface area contributed by atoms with E-state index >= 15 is 0 Å². The Balaban J connectivity index is 4.17. The summed E-state index contributed by atoms with van der Waals surface area (Å²) in [5, 5.41) is 0. The van der Waals surface area contributed by atoms with E-state index < -0.39 is 0 Å². The molecular formula is C11H16O2. The van der Waals surface area contributed by atoms with Gasteiger partial charge in [0.25, 0.3) is 0 Å². The number of hydrogen-bond donors (Lipinski definition) is 0. The summed E-state index contributed by atoms with van der Waals surface area (Å²) < 4.78 is 0. The molecule has 0 fully saturated rings. The molecule has 0 saturated carbocycles. The number of rotatable bonds is 5. The highest BCUT2D eigenvalue weighted by molar-refractivity contribution is 5.97.